The molecule has 0 amide bonds. The van der Waals surface area contributed by atoms with Crippen LogP contribution in [0.15, 0.2) is 4.79 Å². The molecular formula is C7H8LiN3O3. The van der Waals surface area contributed by atoms with Gasteiger partial charge in [0.05, 0.1) is 11.9 Å². The Balaban J connectivity index is 0.000000980. The number of carboxylic acid groups (broad SMARTS) is 1. The summed E-state index contributed by atoms with van der Waals surface area (Å²) in [7, 11) is 0. The number of aromatic nitrogens is 3. The van der Waals surface area contributed by atoms with E-state index >= 15 is 0 Å². The second-order valence-corrected chi connectivity index (χ2v) is 3.05. The Labute approximate surface area is 91.5 Å². The largest absolute Gasteiger partial charge is 1.00 e. The molecule has 6 nitrogen and oxygen atoms in total. The molecule has 0 spiro atoms. The summed E-state index contributed by atoms with van der Waals surface area (Å²) in [6.07, 6.45) is 1.16. The Hall–Kier alpha value is -0.993. The number of rotatable bonds is 1. The SMILES string of the molecule is O=C([O-])C1CCCn2c1n[nH]c2=O.[Li+]. The zero-order chi connectivity index (χ0) is 9.42. The van der Waals surface area contributed by atoms with Crippen LogP contribution in [-0.2, 0) is 11.3 Å². The van der Waals surface area contributed by atoms with Gasteiger partial charge in [0.2, 0.25) is 0 Å². The first-order valence-electron chi connectivity index (χ1n) is 4.06. The van der Waals surface area contributed by atoms with Crippen molar-refractivity contribution in [2.45, 2.75) is 25.3 Å². The van der Waals surface area contributed by atoms with Crippen LogP contribution < -0.4 is 29.7 Å². The van der Waals surface area contributed by atoms with Crippen molar-refractivity contribution >= 4 is 5.97 Å². The van der Waals surface area contributed by atoms with Gasteiger partial charge >= 0.3 is 24.6 Å². The quantitative estimate of drug-likeness (QED) is 0.449. The number of hydrogen-bond donors (Lipinski definition) is 1. The first-order chi connectivity index (χ1) is 6.20. The summed E-state index contributed by atoms with van der Waals surface area (Å²) in [6.45, 7) is 0.536. The fraction of sp³-hybridized carbons (Fsp3) is 0.571. The van der Waals surface area contributed by atoms with E-state index in [9.17, 15) is 14.7 Å². The van der Waals surface area contributed by atoms with Crippen LogP contribution in [0.4, 0.5) is 0 Å². The number of fused-ring (bicyclic) bond motifs is 1. The van der Waals surface area contributed by atoms with E-state index in [1.54, 1.807) is 0 Å². The molecule has 0 aromatic carbocycles. The number of nitrogens with zero attached hydrogens (tertiary/aromatic N) is 2. The van der Waals surface area contributed by atoms with Crippen LogP contribution in [0.1, 0.15) is 24.6 Å². The van der Waals surface area contributed by atoms with Crippen LogP contribution in [-0.4, -0.2) is 20.7 Å². The third-order valence-corrected chi connectivity index (χ3v) is 2.26. The molecule has 0 bridgehead atoms. The number of aromatic amines is 1. The summed E-state index contributed by atoms with van der Waals surface area (Å²) in [6, 6.07) is 0. The average molecular weight is 189 g/mol. The van der Waals surface area contributed by atoms with E-state index in [1.165, 1.54) is 4.57 Å². The van der Waals surface area contributed by atoms with Gasteiger partial charge in [0, 0.05) is 6.54 Å². The molecule has 0 aliphatic carbocycles. The number of nitrogens with one attached hydrogen (secondary N) is 1. The maximum atomic E-state index is 11.1. The van der Waals surface area contributed by atoms with Crippen molar-refractivity contribution < 1.29 is 28.8 Å². The Morgan fingerprint density at radius 1 is 1.64 bits per heavy atom. The Bertz CT molecular complexity index is 397. The Kier molecular flexibility index (Phi) is 3.19. The van der Waals surface area contributed by atoms with Gasteiger partial charge in [0.1, 0.15) is 5.82 Å². The van der Waals surface area contributed by atoms with Gasteiger partial charge < -0.3 is 9.90 Å². The van der Waals surface area contributed by atoms with E-state index in [2.05, 4.69) is 10.2 Å². The van der Waals surface area contributed by atoms with Crippen molar-refractivity contribution in [3.8, 4) is 0 Å². The van der Waals surface area contributed by atoms with Crippen molar-refractivity contribution in [3.63, 3.8) is 0 Å². The summed E-state index contributed by atoms with van der Waals surface area (Å²) >= 11 is 0. The summed E-state index contributed by atoms with van der Waals surface area (Å²) in [5.41, 5.74) is -0.346. The van der Waals surface area contributed by atoms with Crippen molar-refractivity contribution in [2.24, 2.45) is 0 Å². The topological polar surface area (TPSA) is 90.8 Å². The zero-order valence-corrected chi connectivity index (χ0v) is 7.82. The van der Waals surface area contributed by atoms with Crippen molar-refractivity contribution in [2.75, 3.05) is 0 Å². The second-order valence-electron chi connectivity index (χ2n) is 3.05. The average Bonchev–Trinajstić information content (AvgIpc) is 2.48. The van der Waals surface area contributed by atoms with Gasteiger partial charge in [-0.05, 0) is 12.8 Å². The van der Waals surface area contributed by atoms with Crippen LogP contribution in [0.2, 0.25) is 0 Å². The van der Waals surface area contributed by atoms with Crippen molar-refractivity contribution in [1.82, 2.24) is 14.8 Å². The van der Waals surface area contributed by atoms with Crippen molar-refractivity contribution in [3.05, 3.63) is 16.3 Å². The van der Waals surface area contributed by atoms with Gasteiger partial charge in [-0.2, -0.15) is 5.10 Å². The van der Waals surface area contributed by atoms with Gasteiger partial charge in [-0.1, -0.05) is 0 Å². The summed E-state index contributed by atoms with van der Waals surface area (Å²) in [4.78, 5) is 21.7. The van der Waals surface area contributed by atoms with E-state index in [4.69, 9.17) is 0 Å². The number of H-pyrrole nitrogens is 1. The van der Waals surface area contributed by atoms with Gasteiger partial charge in [0.15, 0.2) is 0 Å². The van der Waals surface area contributed by atoms with Gasteiger partial charge in [-0.25, -0.2) is 9.89 Å². The van der Waals surface area contributed by atoms with E-state index in [-0.39, 0.29) is 30.4 Å². The third kappa shape index (κ3) is 1.63. The minimum absolute atomic E-state index is 0. The molecule has 1 unspecified atom stereocenters. The molecule has 1 N–H and O–H groups in total. The van der Waals surface area contributed by atoms with E-state index < -0.39 is 11.9 Å². The normalized spacial score (nSPS) is 19.6. The Morgan fingerprint density at radius 2 is 2.36 bits per heavy atom. The van der Waals surface area contributed by atoms with Gasteiger partial charge in [0.25, 0.3) is 0 Å². The minimum Gasteiger partial charge on any atom is -0.549 e. The molecule has 2 heterocycles. The first kappa shape index (κ1) is 11.1. The molecule has 0 fully saturated rings. The predicted molar refractivity (Wildman–Crippen MR) is 39.8 cm³/mol. The molecule has 0 saturated carbocycles. The molecule has 1 aliphatic rings. The first-order valence-corrected chi connectivity index (χ1v) is 4.06. The smallest absolute Gasteiger partial charge is 0.549 e. The third-order valence-electron chi connectivity index (χ3n) is 2.26. The second kappa shape index (κ2) is 4.03. The van der Waals surface area contributed by atoms with E-state index in [1.807, 2.05) is 0 Å². The number of hydrogen-bond acceptors (Lipinski definition) is 4. The Morgan fingerprint density at radius 3 is 3.00 bits per heavy atom. The van der Waals surface area contributed by atoms with E-state index in [0.29, 0.717) is 19.4 Å². The molecule has 0 radical (unpaired) electrons. The molecule has 0 saturated heterocycles. The molecule has 2 rings (SSSR count). The molecule has 7 heteroatoms. The monoisotopic (exact) mass is 189 g/mol. The fourth-order valence-corrected chi connectivity index (χ4v) is 1.62. The van der Waals surface area contributed by atoms with Crippen LogP contribution in [0.3, 0.4) is 0 Å². The maximum Gasteiger partial charge on any atom is 1.00 e. The number of carbonyl (C=O) groups is 1. The van der Waals surface area contributed by atoms with Crippen LogP contribution in [0.25, 0.3) is 0 Å². The predicted octanol–water partition coefficient (Wildman–Crippen LogP) is -4.80. The molecule has 70 valence electrons. The van der Waals surface area contributed by atoms with Gasteiger partial charge in [-0.15, -0.1) is 0 Å². The van der Waals surface area contributed by atoms with E-state index in [0.717, 1.165) is 0 Å². The maximum absolute atomic E-state index is 11.1. The summed E-state index contributed by atoms with van der Waals surface area (Å²) in [5.74, 6) is -1.62. The van der Waals surface area contributed by atoms with Crippen LogP contribution in [0.5, 0.6) is 0 Å². The molecule has 14 heavy (non-hydrogen) atoms. The molecule has 1 aromatic rings. The molecule has 1 aromatic heterocycles. The van der Waals surface area contributed by atoms with Gasteiger partial charge in [-0.3, -0.25) is 4.57 Å². The summed E-state index contributed by atoms with van der Waals surface area (Å²) < 4.78 is 1.35. The molecular weight excluding hydrogens is 181 g/mol. The van der Waals surface area contributed by atoms with Crippen LogP contribution in [0, 0.1) is 0 Å². The number of carbonyl (C=O) groups excluding carboxylic acids is 1. The minimum atomic E-state index is -1.17. The standard InChI is InChI=1S/C7H9N3O3.Li/c11-6(12)4-2-1-3-10-5(4)8-9-7(10)13;/h4H,1-3H2,(H,9,13)(H,11,12);/q;+1/p-1. The van der Waals surface area contributed by atoms with Crippen molar-refractivity contribution in [1.29, 1.82) is 0 Å². The number of carboxylic acids is 1. The molecule has 1 aliphatic heterocycles. The fourth-order valence-electron chi connectivity index (χ4n) is 1.62. The zero-order valence-electron chi connectivity index (χ0n) is 7.82. The molecule has 1 atom stereocenters. The van der Waals surface area contributed by atoms with Crippen LogP contribution >= 0.6 is 0 Å². The summed E-state index contributed by atoms with van der Waals surface area (Å²) in [5, 5.41) is 16.5. The number of aliphatic carboxylic acids is 1.